The molecule has 2 N–H and O–H groups in total. The van der Waals surface area contributed by atoms with Crippen LogP contribution in [0.5, 0.6) is 0 Å². The maximum absolute atomic E-state index is 10.5. The molecular formula is C8H16O3. The fourth-order valence-corrected chi connectivity index (χ4v) is 0.826. The van der Waals surface area contributed by atoms with E-state index in [1.807, 2.05) is 0 Å². The predicted molar refractivity (Wildman–Crippen MR) is 42.3 cm³/mol. The Hall–Kier alpha value is -0.570. The van der Waals surface area contributed by atoms with Crippen molar-refractivity contribution in [1.29, 1.82) is 0 Å². The smallest absolute Gasteiger partial charge is 0.306 e. The summed E-state index contributed by atoms with van der Waals surface area (Å²) < 4.78 is 0. The van der Waals surface area contributed by atoms with Crippen molar-refractivity contribution < 1.29 is 15.0 Å². The molecule has 3 heteroatoms. The van der Waals surface area contributed by atoms with Gasteiger partial charge in [-0.3, -0.25) is 4.79 Å². The second kappa shape index (κ2) is 3.22. The third-order valence-electron chi connectivity index (χ3n) is 2.25. The van der Waals surface area contributed by atoms with E-state index in [0.29, 0.717) is 0 Å². The maximum atomic E-state index is 10.5. The quantitative estimate of drug-likeness (QED) is 0.650. The normalized spacial score (nSPS) is 17.5. The molecule has 0 spiro atoms. The number of hydrogen-bond acceptors (Lipinski definition) is 2. The summed E-state index contributed by atoms with van der Waals surface area (Å²) >= 11 is 0. The highest BCUT2D eigenvalue weighted by Gasteiger charge is 2.31. The van der Waals surface area contributed by atoms with Crippen LogP contribution in [-0.2, 0) is 4.79 Å². The standard InChI is InChI=1S/C8H16O3/c1-5(7(9)10)6(2)8(3,4)11/h5-6,11H,1-4H3,(H,9,10). The first-order chi connectivity index (χ1) is 4.76. The monoisotopic (exact) mass is 160 g/mol. The predicted octanol–water partition coefficient (Wildman–Crippen LogP) is 1.11. The van der Waals surface area contributed by atoms with Gasteiger partial charge in [0.25, 0.3) is 0 Å². The topological polar surface area (TPSA) is 57.5 Å². The second-order valence-electron chi connectivity index (χ2n) is 3.57. The van der Waals surface area contributed by atoms with Crippen LogP contribution in [0.15, 0.2) is 0 Å². The Morgan fingerprint density at radius 2 is 1.73 bits per heavy atom. The van der Waals surface area contributed by atoms with E-state index in [-0.39, 0.29) is 5.92 Å². The molecule has 0 aliphatic rings. The Kier molecular flexibility index (Phi) is 3.05. The minimum Gasteiger partial charge on any atom is -0.481 e. The summed E-state index contributed by atoms with van der Waals surface area (Å²) in [6, 6.07) is 0. The number of aliphatic hydroxyl groups is 1. The first-order valence-electron chi connectivity index (χ1n) is 3.72. The van der Waals surface area contributed by atoms with Crippen LogP contribution in [0, 0.1) is 11.8 Å². The molecule has 11 heavy (non-hydrogen) atoms. The summed E-state index contributed by atoms with van der Waals surface area (Å²) in [5, 5.41) is 18.0. The van der Waals surface area contributed by atoms with Gasteiger partial charge in [-0.15, -0.1) is 0 Å². The van der Waals surface area contributed by atoms with E-state index in [9.17, 15) is 9.90 Å². The molecule has 3 nitrogen and oxygen atoms in total. The van der Waals surface area contributed by atoms with Gasteiger partial charge in [0.05, 0.1) is 11.5 Å². The summed E-state index contributed by atoms with van der Waals surface area (Å²) in [5.74, 6) is -1.60. The Morgan fingerprint density at radius 3 is 1.82 bits per heavy atom. The lowest BCUT2D eigenvalue weighted by molar-refractivity contribution is -0.146. The number of hydrogen-bond donors (Lipinski definition) is 2. The van der Waals surface area contributed by atoms with Gasteiger partial charge in [0, 0.05) is 0 Å². The largest absolute Gasteiger partial charge is 0.481 e. The summed E-state index contributed by atoms with van der Waals surface area (Å²) in [4.78, 5) is 10.5. The lowest BCUT2D eigenvalue weighted by Gasteiger charge is -2.28. The van der Waals surface area contributed by atoms with E-state index in [2.05, 4.69) is 0 Å². The lowest BCUT2D eigenvalue weighted by Crippen LogP contribution is -2.36. The fourth-order valence-electron chi connectivity index (χ4n) is 0.826. The van der Waals surface area contributed by atoms with Crippen molar-refractivity contribution in [2.75, 3.05) is 0 Å². The van der Waals surface area contributed by atoms with Gasteiger partial charge in [-0.25, -0.2) is 0 Å². The van der Waals surface area contributed by atoms with Crippen molar-refractivity contribution >= 4 is 5.97 Å². The van der Waals surface area contributed by atoms with Crippen molar-refractivity contribution in [3.63, 3.8) is 0 Å². The molecule has 0 rings (SSSR count). The SMILES string of the molecule is CC(C(=O)O)C(C)C(C)(C)O. The molecule has 0 aliphatic heterocycles. The van der Waals surface area contributed by atoms with Crippen LogP contribution in [-0.4, -0.2) is 21.8 Å². The molecule has 0 aliphatic carbocycles. The van der Waals surface area contributed by atoms with Gasteiger partial charge in [-0.05, 0) is 19.8 Å². The van der Waals surface area contributed by atoms with E-state index in [0.717, 1.165) is 0 Å². The third-order valence-corrected chi connectivity index (χ3v) is 2.25. The lowest BCUT2D eigenvalue weighted by atomic mass is 9.83. The number of carboxylic acid groups (broad SMARTS) is 1. The molecule has 0 bridgehead atoms. The molecule has 0 aromatic carbocycles. The minimum atomic E-state index is -0.919. The average Bonchev–Trinajstić information content (AvgIpc) is 1.82. The Labute approximate surface area is 67.0 Å². The Bertz CT molecular complexity index is 146. The van der Waals surface area contributed by atoms with E-state index >= 15 is 0 Å². The second-order valence-corrected chi connectivity index (χ2v) is 3.57. The van der Waals surface area contributed by atoms with Gasteiger partial charge in [-0.1, -0.05) is 13.8 Å². The maximum Gasteiger partial charge on any atom is 0.306 e. The van der Waals surface area contributed by atoms with Crippen LogP contribution < -0.4 is 0 Å². The van der Waals surface area contributed by atoms with Crippen LogP contribution in [0.2, 0.25) is 0 Å². The molecule has 0 fully saturated rings. The molecule has 2 atom stereocenters. The van der Waals surface area contributed by atoms with Crippen molar-refractivity contribution in [2.24, 2.45) is 11.8 Å². The highest BCUT2D eigenvalue weighted by molar-refractivity contribution is 5.69. The van der Waals surface area contributed by atoms with Crippen molar-refractivity contribution in [1.82, 2.24) is 0 Å². The highest BCUT2D eigenvalue weighted by atomic mass is 16.4. The van der Waals surface area contributed by atoms with Gasteiger partial charge < -0.3 is 10.2 Å². The van der Waals surface area contributed by atoms with E-state index in [1.54, 1.807) is 27.7 Å². The van der Waals surface area contributed by atoms with Crippen LogP contribution in [0.3, 0.4) is 0 Å². The zero-order chi connectivity index (χ0) is 9.23. The molecule has 2 unspecified atom stereocenters. The molecular weight excluding hydrogens is 144 g/mol. The molecule has 0 amide bonds. The molecule has 0 aromatic rings. The highest BCUT2D eigenvalue weighted by Crippen LogP contribution is 2.23. The van der Waals surface area contributed by atoms with Gasteiger partial charge in [0.15, 0.2) is 0 Å². The summed E-state index contributed by atoms with van der Waals surface area (Å²) in [5.41, 5.74) is -0.919. The average molecular weight is 160 g/mol. The summed E-state index contributed by atoms with van der Waals surface area (Å²) in [7, 11) is 0. The van der Waals surface area contributed by atoms with Gasteiger partial charge in [0.2, 0.25) is 0 Å². The molecule has 0 aromatic heterocycles. The van der Waals surface area contributed by atoms with E-state index < -0.39 is 17.5 Å². The fraction of sp³-hybridized carbons (Fsp3) is 0.875. The van der Waals surface area contributed by atoms with Gasteiger partial charge in [-0.2, -0.15) is 0 Å². The number of rotatable bonds is 3. The van der Waals surface area contributed by atoms with Gasteiger partial charge >= 0.3 is 5.97 Å². The van der Waals surface area contributed by atoms with E-state index in [4.69, 9.17) is 5.11 Å². The number of carbonyl (C=O) groups is 1. The molecule has 0 heterocycles. The van der Waals surface area contributed by atoms with Crippen molar-refractivity contribution in [2.45, 2.75) is 33.3 Å². The molecule has 66 valence electrons. The zero-order valence-electron chi connectivity index (χ0n) is 7.46. The number of carboxylic acids is 1. The third kappa shape index (κ3) is 2.89. The van der Waals surface area contributed by atoms with Crippen LogP contribution in [0.25, 0.3) is 0 Å². The Balaban J connectivity index is 4.25. The summed E-state index contributed by atoms with van der Waals surface area (Å²) in [6.45, 7) is 6.58. The van der Waals surface area contributed by atoms with Crippen LogP contribution >= 0.6 is 0 Å². The van der Waals surface area contributed by atoms with Gasteiger partial charge in [0.1, 0.15) is 0 Å². The van der Waals surface area contributed by atoms with Crippen LogP contribution in [0.4, 0.5) is 0 Å². The first-order valence-corrected chi connectivity index (χ1v) is 3.72. The molecule has 0 saturated carbocycles. The minimum absolute atomic E-state index is 0.236. The van der Waals surface area contributed by atoms with Crippen molar-refractivity contribution in [3.8, 4) is 0 Å². The molecule has 0 saturated heterocycles. The Morgan fingerprint density at radius 1 is 1.36 bits per heavy atom. The van der Waals surface area contributed by atoms with Crippen LogP contribution in [0.1, 0.15) is 27.7 Å². The molecule has 0 radical (unpaired) electrons. The first kappa shape index (κ1) is 10.4. The zero-order valence-corrected chi connectivity index (χ0v) is 7.46. The number of aliphatic carboxylic acids is 1. The van der Waals surface area contributed by atoms with Crippen molar-refractivity contribution in [3.05, 3.63) is 0 Å². The summed E-state index contributed by atoms with van der Waals surface area (Å²) in [6.07, 6.45) is 0. The van der Waals surface area contributed by atoms with E-state index in [1.165, 1.54) is 0 Å².